The lowest BCUT2D eigenvalue weighted by Gasteiger charge is -2.31. The van der Waals surface area contributed by atoms with Crippen LogP contribution in [0, 0.1) is 0 Å². The molecule has 0 N–H and O–H groups in total. The fourth-order valence-electron chi connectivity index (χ4n) is 3.65. The summed E-state index contributed by atoms with van der Waals surface area (Å²) in [6, 6.07) is 12.8. The molecule has 1 saturated heterocycles. The second-order valence-electron chi connectivity index (χ2n) is 7.41. The normalized spacial score (nSPS) is 14.8. The zero-order valence-electron chi connectivity index (χ0n) is 16.8. The Bertz CT molecular complexity index is 1060. The van der Waals surface area contributed by atoms with E-state index in [4.69, 9.17) is 21.3 Å². The molecule has 3 aromatic rings. The van der Waals surface area contributed by atoms with Gasteiger partial charge in [-0.05, 0) is 55.3 Å². The van der Waals surface area contributed by atoms with Crippen LogP contribution in [0.2, 0.25) is 5.02 Å². The zero-order chi connectivity index (χ0) is 21.1. The molecule has 2 aromatic carbocycles. The molecule has 1 aromatic heterocycles. The van der Waals surface area contributed by atoms with Crippen molar-refractivity contribution in [3.8, 4) is 5.75 Å². The Labute approximate surface area is 184 Å². The maximum atomic E-state index is 12.5. The van der Waals surface area contributed by atoms with Gasteiger partial charge >= 0.3 is 0 Å². The van der Waals surface area contributed by atoms with E-state index in [0.29, 0.717) is 41.8 Å². The first-order valence-corrected chi connectivity index (χ1v) is 11.3. The second-order valence-corrected chi connectivity index (χ2v) is 8.91. The highest BCUT2D eigenvalue weighted by Crippen LogP contribution is 2.34. The van der Waals surface area contributed by atoms with Gasteiger partial charge in [0, 0.05) is 36.0 Å². The van der Waals surface area contributed by atoms with Gasteiger partial charge in [-0.15, -0.1) is 11.3 Å². The Hall–Kier alpha value is -2.44. The summed E-state index contributed by atoms with van der Waals surface area (Å²) in [5, 5.41) is 1.82. The van der Waals surface area contributed by atoms with Gasteiger partial charge in [0.25, 0.3) is 5.91 Å². The third kappa shape index (κ3) is 4.65. The molecule has 1 fully saturated rings. The minimum atomic E-state index is -0.0155. The number of carbonyl (C=O) groups is 2. The first kappa shape index (κ1) is 20.8. The molecular weight excluding hydrogens is 420 g/mol. The van der Waals surface area contributed by atoms with Gasteiger partial charge in [-0.2, -0.15) is 0 Å². The van der Waals surface area contributed by atoms with Crippen LogP contribution in [-0.4, -0.2) is 41.3 Å². The molecular formula is C23H23ClN2O3S. The van der Waals surface area contributed by atoms with Gasteiger partial charge in [0.1, 0.15) is 5.75 Å². The van der Waals surface area contributed by atoms with Crippen molar-refractivity contribution in [1.29, 1.82) is 0 Å². The summed E-state index contributed by atoms with van der Waals surface area (Å²) in [5.74, 6) is 1.05. The highest BCUT2D eigenvalue weighted by Gasteiger charge is 2.26. The Morgan fingerprint density at radius 3 is 2.60 bits per heavy atom. The molecule has 0 aliphatic carbocycles. The number of ether oxygens (including phenoxy) is 1. The van der Waals surface area contributed by atoms with E-state index in [9.17, 15) is 9.59 Å². The van der Waals surface area contributed by atoms with E-state index in [1.54, 1.807) is 35.6 Å². The molecule has 5 nitrogen and oxygen atoms in total. The number of hydrogen-bond acceptors (Lipinski definition) is 5. The summed E-state index contributed by atoms with van der Waals surface area (Å²) in [6.45, 7) is 3.24. The predicted molar refractivity (Wildman–Crippen MR) is 120 cm³/mol. The van der Waals surface area contributed by atoms with E-state index in [1.807, 2.05) is 30.0 Å². The van der Waals surface area contributed by atoms with Crippen molar-refractivity contribution in [2.75, 3.05) is 19.7 Å². The SMILES string of the molecule is CCC(=O)c1ccc(OCC(=O)N2CCC(c3nc4cc(Cl)ccc4s3)CC2)cc1. The van der Waals surface area contributed by atoms with E-state index in [1.165, 1.54) is 0 Å². The number of amides is 1. The van der Waals surface area contributed by atoms with E-state index >= 15 is 0 Å². The lowest BCUT2D eigenvalue weighted by Crippen LogP contribution is -2.40. The number of Topliss-reactive ketones (excluding diaryl/α,β-unsaturated/α-hetero) is 1. The molecule has 1 amide bonds. The van der Waals surface area contributed by atoms with Crippen molar-refractivity contribution >= 4 is 44.8 Å². The van der Waals surface area contributed by atoms with E-state index in [-0.39, 0.29) is 18.3 Å². The summed E-state index contributed by atoms with van der Waals surface area (Å²) in [4.78, 5) is 30.8. The van der Waals surface area contributed by atoms with Crippen LogP contribution >= 0.6 is 22.9 Å². The molecule has 0 unspecified atom stereocenters. The van der Waals surface area contributed by atoms with Gasteiger partial charge in [0.05, 0.1) is 15.2 Å². The van der Waals surface area contributed by atoms with E-state index in [0.717, 1.165) is 28.1 Å². The van der Waals surface area contributed by atoms with Crippen molar-refractivity contribution in [2.45, 2.75) is 32.1 Å². The fourth-order valence-corrected chi connectivity index (χ4v) is 4.93. The molecule has 156 valence electrons. The molecule has 0 saturated carbocycles. The molecule has 2 heterocycles. The van der Waals surface area contributed by atoms with Crippen LogP contribution in [0.4, 0.5) is 0 Å². The maximum absolute atomic E-state index is 12.5. The van der Waals surface area contributed by atoms with Crippen molar-refractivity contribution in [1.82, 2.24) is 9.88 Å². The van der Waals surface area contributed by atoms with Crippen LogP contribution in [0.5, 0.6) is 5.75 Å². The number of aromatic nitrogens is 1. The van der Waals surface area contributed by atoms with Crippen molar-refractivity contribution < 1.29 is 14.3 Å². The zero-order valence-corrected chi connectivity index (χ0v) is 18.3. The molecule has 4 rings (SSSR count). The number of ketones is 1. The molecule has 0 atom stereocenters. The molecule has 0 radical (unpaired) electrons. The van der Waals surface area contributed by atoms with Crippen LogP contribution in [0.3, 0.4) is 0 Å². The topological polar surface area (TPSA) is 59.5 Å². The van der Waals surface area contributed by atoms with E-state index < -0.39 is 0 Å². The summed E-state index contributed by atoms with van der Waals surface area (Å²) in [7, 11) is 0. The lowest BCUT2D eigenvalue weighted by molar-refractivity contribution is -0.134. The minimum Gasteiger partial charge on any atom is -0.484 e. The Balaban J connectivity index is 1.29. The lowest BCUT2D eigenvalue weighted by atomic mass is 9.97. The Kier molecular flexibility index (Phi) is 6.35. The van der Waals surface area contributed by atoms with Gasteiger partial charge in [0.15, 0.2) is 12.4 Å². The molecule has 1 aliphatic heterocycles. The van der Waals surface area contributed by atoms with Gasteiger partial charge in [-0.3, -0.25) is 9.59 Å². The number of thiazole rings is 1. The molecule has 30 heavy (non-hydrogen) atoms. The minimum absolute atomic E-state index is 0.00533. The third-order valence-electron chi connectivity index (χ3n) is 5.42. The van der Waals surface area contributed by atoms with Crippen LogP contribution < -0.4 is 4.74 Å². The standard InChI is InChI=1S/C23H23ClN2O3S/c1-2-20(27)15-3-6-18(7-4-15)29-14-22(28)26-11-9-16(10-12-26)23-25-19-13-17(24)5-8-21(19)30-23/h3-8,13,16H,2,9-12,14H2,1H3. The Morgan fingerprint density at radius 2 is 1.90 bits per heavy atom. The third-order valence-corrected chi connectivity index (χ3v) is 6.86. The van der Waals surface area contributed by atoms with Gasteiger partial charge < -0.3 is 9.64 Å². The highest BCUT2D eigenvalue weighted by atomic mass is 35.5. The number of carbonyl (C=O) groups excluding carboxylic acids is 2. The first-order chi connectivity index (χ1) is 14.5. The number of benzene rings is 2. The molecule has 0 spiro atoms. The average Bonchev–Trinajstić information content (AvgIpc) is 3.20. The monoisotopic (exact) mass is 442 g/mol. The molecule has 1 aliphatic rings. The van der Waals surface area contributed by atoms with Crippen LogP contribution in [0.15, 0.2) is 42.5 Å². The number of hydrogen-bond donors (Lipinski definition) is 0. The first-order valence-electron chi connectivity index (χ1n) is 10.1. The number of piperidine rings is 1. The van der Waals surface area contributed by atoms with Crippen LogP contribution in [0.1, 0.15) is 47.5 Å². The van der Waals surface area contributed by atoms with Crippen molar-refractivity contribution in [3.05, 3.63) is 58.1 Å². The number of halogens is 1. The van der Waals surface area contributed by atoms with Gasteiger partial charge in [-0.25, -0.2) is 4.98 Å². The quantitative estimate of drug-likeness (QED) is 0.484. The molecule has 0 bridgehead atoms. The number of rotatable bonds is 6. The summed E-state index contributed by atoms with van der Waals surface area (Å²) in [6.07, 6.45) is 2.26. The summed E-state index contributed by atoms with van der Waals surface area (Å²) in [5.41, 5.74) is 1.61. The largest absolute Gasteiger partial charge is 0.484 e. The average molecular weight is 443 g/mol. The molecule has 7 heteroatoms. The number of nitrogens with zero attached hydrogens (tertiary/aromatic N) is 2. The fraction of sp³-hybridized carbons (Fsp3) is 0.348. The van der Waals surface area contributed by atoms with Crippen molar-refractivity contribution in [2.24, 2.45) is 0 Å². The number of fused-ring (bicyclic) bond motifs is 1. The number of likely N-dealkylation sites (tertiary alicyclic amines) is 1. The maximum Gasteiger partial charge on any atom is 0.260 e. The van der Waals surface area contributed by atoms with Crippen LogP contribution in [-0.2, 0) is 4.79 Å². The van der Waals surface area contributed by atoms with Gasteiger partial charge in [0.2, 0.25) is 0 Å². The predicted octanol–water partition coefficient (Wildman–Crippen LogP) is 5.33. The van der Waals surface area contributed by atoms with Gasteiger partial charge in [-0.1, -0.05) is 18.5 Å². The van der Waals surface area contributed by atoms with Crippen LogP contribution in [0.25, 0.3) is 10.2 Å². The summed E-state index contributed by atoms with van der Waals surface area (Å²) >= 11 is 7.78. The smallest absolute Gasteiger partial charge is 0.260 e. The second kappa shape index (κ2) is 9.14. The highest BCUT2D eigenvalue weighted by molar-refractivity contribution is 7.18. The summed E-state index contributed by atoms with van der Waals surface area (Å²) < 4.78 is 6.77. The Morgan fingerprint density at radius 1 is 1.17 bits per heavy atom. The van der Waals surface area contributed by atoms with Crippen molar-refractivity contribution in [3.63, 3.8) is 0 Å². The van der Waals surface area contributed by atoms with E-state index in [2.05, 4.69) is 0 Å².